The van der Waals surface area contributed by atoms with Crippen LogP contribution in [-0.4, -0.2) is 59.0 Å². The molecular formula is C21H32N2O3. The van der Waals surface area contributed by atoms with Gasteiger partial charge in [0.25, 0.3) is 0 Å². The fourth-order valence-electron chi connectivity index (χ4n) is 3.47. The molecule has 1 amide bonds. The van der Waals surface area contributed by atoms with Crippen molar-refractivity contribution in [3.05, 3.63) is 35.4 Å². The maximum Gasteiger partial charge on any atom is 0.317 e. The Labute approximate surface area is 157 Å². The van der Waals surface area contributed by atoms with Gasteiger partial charge in [0, 0.05) is 19.1 Å². The number of nitrogens with zero attached hydrogens (tertiary/aromatic N) is 2. The van der Waals surface area contributed by atoms with Gasteiger partial charge in [-0.3, -0.25) is 14.5 Å². The van der Waals surface area contributed by atoms with Crippen LogP contribution in [0.25, 0.3) is 0 Å². The summed E-state index contributed by atoms with van der Waals surface area (Å²) in [5.74, 6) is -0.168. The van der Waals surface area contributed by atoms with Gasteiger partial charge in [-0.1, -0.05) is 29.8 Å². The maximum atomic E-state index is 12.5. The van der Waals surface area contributed by atoms with Crippen LogP contribution in [0.1, 0.15) is 44.2 Å². The first-order valence-corrected chi connectivity index (χ1v) is 9.64. The van der Waals surface area contributed by atoms with Crippen LogP contribution in [0.5, 0.6) is 0 Å². The fraction of sp³-hybridized carbons (Fsp3) is 0.619. The molecular weight excluding hydrogens is 328 g/mol. The minimum Gasteiger partial charge on any atom is -0.480 e. The Balaban J connectivity index is 1.75. The van der Waals surface area contributed by atoms with E-state index in [1.54, 1.807) is 4.90 Å². The Morgan fingerprint density at radius 2 is 1.77 bits per heavy atom. The van der Waals surface area contributed by atoms with E-state index in [0.29, 0.717) is 5.92 Å². The zero-order chi connectivity index (χ0) is 19.1. The third-order valence-electron chi connectivity index (χ3n) is 5.34. The Morgan fingerprint density at radius 1 is 1.15 bits per heavy atom. The van der Waals surface area contributed by atoms with Gasteiger partial charge >= 0.3 is 5.97 Å². The smallest absolute Gasteiger partial charge is 0.317 e. The predicted molar refractivity (Wildman–Crippen MR) is 103 cm³/mol. The molecule has 5 nitrogen and oxygen atoms in total. The van der Waals surface area contributed by atoms with Crippen LogP contribution in [0.2, 0.25) is 0 Å². The van der Waals surface area contributed by atoms with Crippen molar-refractivity contribution >= 4 is 11.9 Å². The van der Waals surface area contributed by atoms with Crippen molar-refractivity contribution in [1.29, 1.82) is 0 Å². The summed E-state index contributed by atoms with van der Waals surface area (Å²) in [7, 11) is 0. The van der Waals surface area contributed by atoms with Gasteiger partial charge in [-0.2, -0.15) is 0 Å². The van der Waals surface area contributed by atoms with Crippen LogP contribution in [0.4, 0.5) is 0 Å². The molecule has 0 bridgehead atoms. The average Bonchev–Trinajstić information content (AvgIpc) is 2.60. The topological polar surface area (TPSA) is 60.9 Å². The van der Waals surface area contributed by atoms with Gasteiger partial charge in [0.1, 0.15) is 0 Å². The van der Waals surface area contributed by atoms with Crippen LogP contribution in [0, 0.1) is 12.8 Å². The number of amides is 1. The predicted octanol–water partition coefficient (Wildman–Crippen LogP) is 2.96. The minimum atomic E-state index is -0.888. The van der Waals surface area contributed by atoms with Gasteiger partial charge in [-0.25, -0.2) is 0 Å². The molecule has 0 aliphatic carbocycles. The van der Waals surface area contributed by atoms with Crippen molar-refractivity contribution in [1.82, 2.24) is 9.80 Å². The molecule has 0 aromatic heterocycles. The molecule has 0 radical (unpaired) electrons. The number of piperidine rings is 1. The number of carboxylic acid groups (broad SMARTS) is 1. The van der Waals surface area contributed by atoms with Gasteiger partial charge in [0.05, 0.1) is 13.1 Å². The Kier molecular flexibility index (Phi) is 7.64. The quantitative estimate of drug-likeness (QED) is 0.774. The maximum absolute atomic E-state index is 12.5. The lowest BCUT2D eigenvalue weighted by atomic mass is 9.90. The molecule has 0 spiro atoms. The highest BCUT2D eigenvalue weighted by molar-refractivity contribution is 5.79. The summed E-state index contributed by atoms with van der Waals surface area (Å²) in [4.78, 5) is 27.1. The van der Waals surface area contributed by atoms with E-state index < -0.39 is 5.97 Å². The molecule has 5 heteroatoms. The molecule has 1 aromatic carbocycles. The van der Waals surface area contributed by atoms with Crippen LogP contribution < -0.4 is 0 Å². The normalized spacial score (nSPS) is 15.7. The molecule has 0 saturated carbocycles. The van der Waals surface area contributed by atoms with E-state index in [9.17, 15) is 9.59 Å². The summed E-state index contributed by atoms with van der Waals surface area (Å²) in [6, 6.07) is 8.78. The molecule has 1 heterocycles. The highest BCUT2D eigenvalue weighted by Crippen LogP contribution is 2.23. The summed E-state index contributed by atoms with van der Waals surface area (Å²) in [5.41, 5.74) is 2.68. The van der Waals surface area contributed by atoms with Gasteiger partial charge < -0.3 is 10.0 Å². The number of hydrogen-bond donors (Lipinski definition) is 1. The molecule has 144 valence electrons. The van der Waals surface area contributed by atoms with E-state index >= 15 is 0 Å². The van der Waals surface area contributed by atoms with Crippen molar-refractivity contribution in [2.45, 2.75) is 52.5 Å². The Hall–Kier alpha value is -1.88. The lowest BCUT2D eigenvalue weighted by Crippen LogP contribution is -2.47. The van der Waals surface area contributed by atoms with Crippen molar-refractivity contribution < 1.29 is 14.7 Å². The van der Waals surface area contributed by atoms with Gasteiger partial charge in [0.2, 0.25) is 5.91 Å². The standard InChI is InChI=1S/C21H32N2O3/c1-16(2)23(15-21(25)26)14-20(24)22-12-10-19(11-13-22)9-8-18-6-4-17(3)5-7-18/h4-7,16,19H,8-15H2,1-3H3,(H,25,26). The molecule has 0 unspecified atom stereocenters. The second-order valence-electron chi connectivity index (χ2n) is 7.74. The largest absolute Gasteiger partial charge is 0.480 e. The molecule has 1 aromatic rings. The van der Waals surface area contributed by atoms with Crippen LogP contribution in [-0.2, 0) is 16.0 Å². The number of benzene rings is 1. The first-order valence-electron chi connectivity index (χ1n) is 9.64. The van der Waals surface area contributed by atoms with Gasteiger partial charge in [-0.15, -0.1) is 0 Å². The van der Waals surface area contributed by atoms with E-state index in [0.717, 1.165) is 32.4 Å². The lowest BCUT2D eigenvalue weighted by molar-refractivity contribution is -0.140. The molecule has 0 atom stereocenters. The fourth-order valence-corrected chi connectivity index (χ4v) is 3.47. The SMILES string of the molecule is Cc1ccc(CCC2CCN(C(=O)CN(CC(=O)O)C(C)C)CC2)cc1. The van der Waals surface area contributed by atoms with Crippen molar-refractivity contribution in [2.75, 3.05) is 26.2 Å². The molecule has 26 heavy (non-hydrogen) atoms. The number of carbonyl (C=O) groups is 2. The lowest BCUT2D eigenvalue weighted by Gasteiger charge is -2.34. The molecule has 1 N–H and O–H groups in total. The van der Waals surface area contributed by atoms with Gasteiger partial charge in [0.15, 0.2) is 0 Å². The molecule has 1 saturated heterocycles. The third kappa shape index (κ3) is 6.45. The van der Waals surface area contributed by atoms with Crippen LogP contribution in [0.15, 0.2) is 24.3 Å². The summed E-state index contributed by atoms with van der Waals surface area (Å²) in [6.07, 6.45) is 4.34. The highest BCUT2D eigenvalue weighted by Gasteiger charge is 2.25. The third-order valence-corrected chi connectivity index (χ3v) is 5.34. The average molecular weight is 360 g/mol. The number of carboxylic acids is 1. The monoisotopic (exact) mass is 360 g/mol. The number of likely N-dealkylation sites (tertiary alicyclic amines) is 1. The number of aryl methyl sites for hydroxylation is 2. The first-order chi connectivity index (χ1) is 12.3. The summed E-state index contributed by atoms with van der Waals surface area (Å²) in [6.45, 7) is 7.63. The summed E-state index contributed by atoms with van der Waals surface area (Å²) in [5, 5.41) is 8.99. The van der Waals surface area contributed by atoms with E-state index in [4.69, 9.17) is 5.11 Å². The van der Waals surface area contributed by atoms with Crippen molar-refractivity contribution in [2.24, 2.45) is 5.92 Å². The van der Waals surface area contributed by atoms with E-state index in [1.807, 2.05) is 18.7 Å². The summed E-state index contributed by atoms with van der Waals surface area (Å²) < 4.78 is 0. The first kappa shape index (κ1) is 20.4. The number of aliphatic carboxylic acids is 1. The van der Waals surface area contributed by atoms with E-state index in [1.165, 1.54) is 17.5 Å². The molecule has 1 fully saturated rings. The molecule has 1 aliphatic rings. The van der Waals surface area contributed by atoms with E-state index in [-0.39, 0.29) is 25.0 Å². The van der Waals surface area contributed by atoms with Gasteiger partial charge in [-0.05, 0) is 57.9 Å². The minimum absolute atomic E-state index is 0.0436. The van der Waals surface area contributed by atoms with Crippen molar-refractivity contribution in [3.63, 3.8) is 0 Å². The number of rotatable bonds is 8. The number of carbonyl (C=O) groups excluding carboxylic acids is 1. The zero-order valence-electron chi connectivity index (χ0n) is 16.3. The van der Waals surface area contributed by atoms with Crippen LogP contribution in [0.3, 0.4) is 0 Å². The molecule has 2 rings (SSSR count). The Bertz CT molecular complexity index is 590. The van der Waals surface area contributed by atoms with Crippen molar-refractivity contribution in [3.8, 4) is 0 Å². The number of hydrogen-bond acceptors (Lipinski definition) is 3. The second kappa shape index (κ2) is 9.72. The zero-order valence-corrected chi connectivity index (χ0v) is 16.3. The van der Waals surface area contributed by atoms with E-state index in [2.05, 4.69) is 31.2 Å². The Morgan fingerprint density at radius 3 is 2.31 bits per heavy atom. The molecule has 1 aliphatic heterocycles. The summed E-state index contributed by atoms with van der Waals surface area (Å²) >= 11 is 0. The van der Waals surface area contributed by atoms with Crippen LogP contribution >= 0.6 is 0 Å². The highest BCUT2D eigenvalue weighted by atomic mass is 16.4. The second-order valence-corrected chi connectivity index (χ2v) is 7.74.